The van der Waals surface area contributed by atoms with Crippen molar-refractivity contribution in [3.63, 3.8) is 0 Å². The van der Waals surface area contributed by atoms with Gasteiger partial charge in [-0.25, -0.2) is 4.79 Å². The van der Waals surface area contributed by atoms with Gasteiger partial charge >= 0.3 is 5.97 Å². The highest BCUT2D eigenvalue weighted by atomic mass is 16.7. The van der Waals surface area contributed by atoms with E-state index in [4.69, 9.17) is 23.7 Å². The van der Waals surface area contributed by atoms with Crippen molar-refractivity contribution in [3.05, 3.63) is 41.5 Å². The van der Waals surface area contributed by atoms with Crippen molar-refractivity contribution in [3.8, 4) is 28.7 Å². The number of methoxy groups -OCH3 is 3. The van der Waals surface area contributed by atoms with Gasteiger partial charge in [0.05, 0.1) is 27.4 Å². The Bertz CT molecular complexity index is 996. The molecule has 1 N–H and O–H groups in total. The molecule has 0 spiro atoms. The standard InChI is InChI=1S/C22H23NO8/c1-27-17-9-13(10-18(28-2)21(17)29-3)20(23-14(22(25)26)5-7-19(23)24)12-4-6-15-16(8-12)31-11-30-15/h4,6,8-10,14,20H,5,7,11H2,1-3H3,(H,25,26)/t14-,20?/m0/s1. The number of carbonyl (C=O) groups excluding carboxylic acids is 1. The molecule has 31 heavy (non-hydrogen) atoms. The van der Waals surface area contributed by atoms with Crippen molar-refractivity contribution in [2.24, 2.45) is 0 Å². The predicted octanol–water partition coefficient (Wildman–Crippen LogP) is 2.61. The van der Waals surface area contributed by atoms with E-state index in [1.807, 2.05) is 0 Å². The number of likely N-dealkylation sites (tertiary alicyclic amines) is 1. The van der Waals surface area contributed by atoms with Gasteiger partial charge in [-0.15, -0.1) is 0 Å². The van der Waals surface area contributed by atoms with Gasteiger partial charge in [0, 0.05) is 6.42 Å². The van der Waals surface area contributed by atoms with Crippen molar-refractivity contribution in [1.29, 1.82) is 0 Å². The number of carbonyl (C=O) groups is 2. The normalized spacial score (nSPS) is 18.1. The van der Waals surface area contributed by atoms with Crippen LogP contribution >= 0.6 is 0 Å². The SMILES string of the molecule is COc1cc(C(c2ccc3c(c2)OCO3)N2C(=O)CC[C@H]2C(=O)O)cc(OC)c1OC. The summed E-state index contributed by atoms with van der Waals surface area (Å²) in [6.07, 6.45) is 0.391. The molecule has 4 rings (SSSR count). The van der Waals surface area contributed by atoms with E-state index in [0.717, 1.165) is 0 Å². The summed E-state index contributed by atoms with van der Waals surface area (Å²) < 4.78 is 27.3. The van der Waals surface area contributed by atoms with E-state index in [2.05, 4.69) is 0 Å². The van der Waals surface area contributed by atoms with Crippen LogP contribution in [0.1, 0.15) is 30.0 Å². The van der Waals surface area contributed by atoms with Gasteiger partial charge in [0.1, 0.15) is 6.04 Å². The highest BCUT2D eigenvalue weighted by Gasteiger charge is 2.42. The molecule has 2 aliphatic heterocycles. The summed E-state index contributed by atoms with van der Waals surface area (Å²) in [7, 11) is 4.50. The number of benzene rings is 2. The van der Waals surface area contributed by atoms with Gasteiger partial charge in [0.15, 0.2) is 23.0 Å². The van der Waals surface area contributed by atoms with Crippen LogP contribution in [0.3, 0.4) is 0 Å². The number of fused-ring (bicyclic) bond motifs is 1. The van der Waals surface area contributed by atoms with E-state index in [1.54, 1.807) is 30.3 Å². The molecule has 0 saturated carbocycles. The van der Waals surface area contributed by atoms with E-state index >= 15 is 0 Å². The Morgan fingerprint density at radius 2 is 1.71 bits per heavy atom. The van der Waals surface area contributed by atoms with Crippen molar-refractivity contribution in [2.45, 2.75) is 24.9 Å². The molecule has 1 amide bonds. The Balaban J connectivity index is 1.91. The fourth-order valence-corrected chi connectivity index (χ4v) is 4.12. The highest BCUT2D eigenvalue weighted by Crippen LogP contribution is 2.45. The first-order valence-electron chi connectivity index (χ1n) is 9.72. The molecule has 2 aromatic rings. The zero-order valence-electron chi connectivity index (χ0n) is 17.4. The molecule has 1 unspecified atom stereocenters. The highest BCUT2D eigenvalue weighted by molar-refractivity contribution is 5.88. The minimum Gasteiger partial charge on any atom is -0.493 e. The maximum atomic E-state index is 12.9. The average Bonchev–Trinajstić information content (AvgIpc) is 3.39. The molecule has 2 atom stereocenters. The zero-order valence-corrected chi connectivity index (χ0v) is 17.4. The number of amides is 1. The molecule has 0 aromatic heterocycles. The van der Waals surface area contributed by atoms with Crippen LogP contribution in [0.5, 0.6) is 28.7 Å². The van der Waals surface area contributed by atoms with E-state index in [0.29, 0.717) is 39.9 Å². The zero-order chi connectivity index (χ0) is 22.1. The van der Waals surface area contributed by atoms with Crippen LogP contribution in [0, 0.1) is 0 Å². The monoisotopic (exact) mass is 429 g/mol. The van der Waals surface area contributed by atoms with E-state index < -0.39 is 18.1 Å². The minimum absolute atomic E-state index is 0.105. The lowest BCUT2D eigenvalue weighted by atomic mass is 9.95. The number of hydrogen-bond acceptors (Lipinski definition) is 7. The van der Waals surface area contributed by atoms with Crippen LogP contribution in [-0.2, 0) is 9.59 Å². The Morgan fingerprint density at radius 3 is 2.32 bits per heavy atom. The smallest absolute Gasteiger partial charge is 0.326 e. The Morgan fingerprint density at radius 1 is 1.03 bits per heavy atom. The van der Waals surface area contributed by atoms with Crippen LogP contribution in [0.4, 0.5) is 0 Å². The van der Waals surface area contributed by atoms with Gasteiger partial charge in [-0.2, -0.15) is 0 Å². The number of nitrogens with zero attached hydrogens (tertiary/aromatic N) is 1. The summed E-state index contributed by atoms with van der Waals surface area (Å²) in [5.74, 6) is 1.04. The molecule has 1 fully saturated rings. The lowest BCUT2D eigenvalue weighted by molar-refractivity contribution is -0.147. The van der Waals surface area contributed by atoms with Crippen LogP contribution in [0.25, 0.3) is 0 Å². The maximum absolute atomic E-state index is 12.9. The van der Waals surface area contributed by atoms with Gasteiger partial charge in [-0.3, -0.25) is 4.79 Å². The Kier molecular flexibility index (Phi) is 5.50. The van der Waals surface area contributed by atoms with Gasteiger partial charge in [0.25, 0.3) is 0 Å². The molecule has 9 nitrogen and oxygen atoms in total. The Hall–Kier alpha value is -3.62. The first-order chi connectivity index (χ1) is 15.0. The lowest BCUT2D eigenvalue weighted by Crippen LogP contribution is -2.41. The second-order valence-corrected chi connectivity index (χ2v) is 7.17. The molecule has 2 heterocycles. The summed E-state index contributed by atoms with van der Waals surface area (Å²) in [4.78, 5) is 26.2. The fraction of sp³-hybridized carbons (Fsp3) is 0.364. The van der Waals surface area contributed by atoms with E-state index in [1.165, 1.54) is 26.2 Å². The molecule has 2 aliphatic rings. The average molecular weight is 429 g/mol. The van der Waals surface area contributed by atoms with Crippen molar-refractivity contribution < 1.29 is 38.4 Å². The first-order valence-corrected chi connectivity index (χ1v) is 9.72. The van der Waals surface area contributed by atoms with Gasteiger partial charge in [-0.1, -0.05) is 6.07 Å². The maximum Gasteiger partial charge on any atom is 0.326 e. The second kappa shape index (κ2) is 8.25. The van der Waals surface area contributed by atoms with Crippen LogP contribution in [-0.4, -0.2) is 56.0 Å². The molecule has 0 bridgehead atoms. The third-order valence-corrected chi connectivity index (χ3v) is 5.53. The van der Waals surface area contributed by atoms with Gasteiger partial charge in [-0.05, 0) is 41.8 Å². The van der Waals surface area contributed by atoms with E-state index in [-0.39, 0.29) is 25.5 Å². The third kappa shape index (κ3) is 3.56. The summed E-state index contributed by atoms with van der Waals surface area (Å²) in [5, 5.41) is 9.77. The predicted molar refractivity (Wildman–Crippen MR) is 108 cm³/mol. The van der Waals surface area contributed by atoms with Gasteiger partial charge < -0.3 is 33.7 Å². The first kappa shape index (κ1) is 20.6. The molecular formula is C22H23NO8. The topological polar surface area (TPSA) is 104 Å². The number of hydrogen-bond donors (Lipinski definition) is 1. The molecule has 0 aliphatic carbocycles. The minimum atomic E-state index is -1.05. The third-order valence-electron chi connectivity index (χ3n) is 5.53. The quantitative estimate of drug-likeness (QED) is 0.716. The summed E-state index contributed by atoms with van der Waals surface area (Å²) >= 11 is 0. The number of ether oxygens (including phenoxy) is 5. The summed E-state index contributed by atoms with van der Waals surface area (Å²) in [5.41, 5.74) is 1.30. The molecule has 164 valence electrons. The molecule has 9 heteroatoms. The van der Waals surface area contributed by atoms with Crippen molar-refractivity contribution >= 4 is 11.9 Å². The number of aliphatic carboxylic acids is 1. The molecule has 2 aromatic carbocycles. The summed E-state index contributed by atoms with van der Waals surface area (Å²) in [6, 6.07) is 7.09. The van der Waals surface area contributed by atoms with Gasteiger partial charge in [0.2, 0.25) is 18.4 Å². The Labute approximate surface area is 179 Å². The summed E-state index contributed by atoms with van der Waals surface area (Å²) in [6.45, 7) is 0.105. The molecular weight excluding hydrogens is 406 g/mol. The number of carboxylic acid groups (broad SMARTS) is 1. The molecule has 0 radical (unpaired) electrons. The van der Waals surface area contributed by atoms with Crippen LogP contribution in [0.15, 0.2) is 30.3 Å². The van der Waals surface area contributed by atoms with Crippen LogP contribution in [0.2, 0.25) is 0 Å². The fourth-order valence-electron chi connectivity index (χ4n) is 4.12. The number of carboxylic acids is 1. The lowest BCUT2D eigenvalue weighted by Gasteiger charge is -2.33. The van der Waals surface area contributed by atoms with Crippen molar-refractivity contribution in [1.82, 2.24) is 4.90 Å². The van der Waals surface area contributed by atoms with Crippen LogP contribution < -0.4 is 23.7 Å². The largest absolute Gasteiger partial charge is 0.493 e. The second-order valence-electron chi connectivity index (χ2n) is 7.17. The number of rotatable bonds is 7. The van der Waals surface area contributed by atoms with Crippen molar-refractivity contribution in [2.75, 3.05) is 28.1 Å². The van der Waals surface area contributed by atoms with E-state index in [9.17, 15) is 14.7 Å². The molecule has 1 saturated heterocycles.